The Morgan fingerprint density at radius 3 is 2.58 bits per heavy atom. The minimum absolute atomic E-state index is 0.0518. The topological polar surface area (TPSA) is 83.2 Å². The van der Waals surface area contributed by atoms with Gasteiger partial charge in [-0.25, -0.2) is 4.39 Å². The number of morpholine rings is 1. The lowest BCUT2D eigenvalue weighted by atomic mass is 9.96. The summed E-state index contributed by atoms with van der Waals surface area (Å²) < 4.78 is 19.3. The van der Waals surface area contributed by atoms with Gasteiger partial charge < -0.3 is 25.6 Å². The zero-order valence-corrected chi connectivity index (χ0v) is 18.7. The van der Waals surface area contributed by atoms with Gasteiger partial charge in [0.15, 0.2) is 5.96 Å². The third-order valence-corrected chi connectivity index (χ3v) is 6.19. The molecule has 0 bridgehead atoms. The van der Waals surface area contributed by atoms with E-state index in [1.165, 1.54) is 12.1 Å². The van der Waals surface area contributed by atoms with Crippen molar-refractivity contribution in [2.24, 2.45) is 16.6 Å². The number of carbonyl (C=O) groups is 1. The monoisotopic (exact) mass is 433 g/mol. The average Bonchev–Trinajstić information content (AvgIpc) is 2.76. The highest BCUT2D eigenvalue weighted by Gasteiger charge is 2.28. The first-order chi connectivity index (χ1) is 15.0. The SMILES string of the molecule is CN=C(NCCCCN1CCC(C(N)=O)CC1)N1CC(C)OC(c2ccc(F)cc2)C1. The van der Waals surface area contributed by atoms with Crippen LogP contribution in [0.2, 0.25) is 0 Å². The molecule has 0 radical (unpaired) electrons. The van der Waals surface area contributed by atoms with Crippen LogP contribution in [-0.2, 0) is 9.53 Å². The number of nitrogens with two attached hydrogens (primary N) is 1. The van der Waals surface area contributed by atoms with Crippen LogP contribution in [-0.4, -0.2) is 74.1 Å². The number of primary amides is 1. The number of hydrogen-bond donors (Lipinski definition) is 2. The Bertz CT molecular complexity index is 734. The molecule has 8 heteroatoms. The van der Waals surface area contributed by atoms with E-state index < -0.39 is 0 Å². The van der Waals surface area contributed by atoms with E-state index in [1.54, 1.807) is 19.2 Å². The number of unbranched alkanes of at least 4 members (excludes halogenated alkanes) is 1. The molecule has 0 aromatic heterocycles. The number of ether oxygens (including phenoxy) is 1. The summed E-state index contributed by atoms with van der Waals surface area (Å²) in [7, 11) is 1.80. The summed E-state index contributed by atoms with van der Waals surface area (Å²) in [5.74, 6) is 0.536. The lowest BCUT2D eigenvalue weighted by molar-refractivity contribution is -0.123. The maximum atomic E-state index is 13.3. The van der Waals surface area contributed by atoms with E-state index in [0.29, 0.717) is 6.54 Å². The molecule has 31 heavy (non-hydrogen) atoms. The molecule has 2 saturated heterocycles. The molecule has 2 unspecified atom stereocenters. The van der Waals surface area contributed by atoms with Gasteiger partial charge >= 0.3 is 0 Å². The van der Waals surface area contributed by atoms with Crippen LogP contribution in [0.3, 0.4) is 0 Å². The molecule has 1 amide bonds. The fourth-order valence-electron chi connectivity index (χ4n) is 4.42. The molecule has 2 aliphatic heterocycles. The van der Waals surface area contributed by atoms with Gasteiger partial charge in [-0.05, 0) is 69.9 Å². The molecule has 1 aromatic carbocycles. The maximum Gasteiger partial charge on any atom is 0.220 e. The molecule has 7 nitrogen and oxygen atoms in total. The number of carbonyl (C=O) groups excluding carboxylic acids is 1. The Balaban J connectivity index is 1.40. The number of guanidine groups is 1. The Labute approximate surface area is 184 Å². The second-order valence-corrected chi connectivity index (χ2v) is 8.59. The minimum Gasteiger partial charge on any atom is -0.369 e. The third-order valence-electron chi connectivity index (χ3n) is 6.19. The average molecular weight is 434 g/mol. The van der Waals surface area contributed by atoms with Crippen molar-refractivity contribution in [2.75, 3.05) is 46.3 Å². The Hall–Kier alpha value is -2.19. The molecule has 2 atom stereocenters. The summed E-state index contributed by atoms with van der Waals surface area (Å²) in [6.07, 6.45) is 3.87. The van der Waals surface area contributed by atoms with Crippen molar-refractivity contribution in [1.82, 2.24) is 15.1 Å². The van der Waals surface area contributed by atoms with E-state index in [-0.39, 0.29) is 29.9 Å². The fraction of sp³-hybridized carbons (Fsp3) is 0.652. The number of rotatable bonds is 7. The number of hydrogen-bond acceptors (Lipinski definition) is 4. The number of benzene rings is 1. The number of nitrogens with one attached hydrogen (secondary N) is 1. The van der Waals surface area contributed by atoms with E-state index in [2.05, 4.69) is 27.0 Å². The molecule has 1 aromatic rings. The largest absolute Gasteiger partial charge is 0.369 e. The minimum atomic E-state index is -0.237. The van der Waals surface area contributed by atoms with Crippen LogP contribution in [0.5, 0.6) is 0 Å². The molecule has 0 saturated carbocycles. The Morgan fingerprint density at radius 1 is 1.23 bits per heavy atom. The van der Waals surface area contributed by atoms with Gasteiger partial charge in [-0.3, -0.25) is 9.79 Å². The molecule has 2 heterocycles. The van der Waals surface area contributed by atoms with Crippen LogP contribution < -0.4 is 11.1 Å². The zero-order chi connectivity index (χ0) is 22.2. The van der Waals surface area contributed by atoms with Crippen LogP contribution in [0.15, 0.2) is 29.3 Å². The Kier molecular flexibility index (Phi) is 8.66. The predicted octanol–water partition coefficient (Wildman–Crippen LogP) is 2.14. The first-order valence-corrected chi connectivity index (χ1v) is 11.3. The van der Waals surface area contributed by atoms with Crippen molar-refractivity contribution in [2.45, 2.75) is 44.8 Å². The normalized spacial score (nSPS) is 23.7. The standard InChI is InChI=1S/C23H36FN5O2/c1-17-15-29(16-21(31-17)18-5-7-20(24)8-6-18)23(26-2)27-11-3-4-12-28-13-9-19(10-14-28)22(25)30/h5-8,17,19,21H,3-4,9-16H2,1-2H3,(H2,25,30)(H,26,27). The van der Waals surface area contributed by atoms with Crippen molar-refractivity contribution < 1.29 is 13.9 Å². The van der Waals surface area contributed by atoms with Crippen LogP contribution in [0.4, 0.5) is 4.39 Å². The van der Waals surface area contributed by atoms with Crippen LogP contribution in [0.25, 0.3) is 0 Å². The summed E-state index contributed by atoms with van der Waals surface area (Å²) in [6, 6.07) is 6.54. The predicted molar refractivity (Wildman–Crippen MR) is 120 cm³/mol. The third kappa shape index (κ3) is 6.90. The summed E-state index contributed by atoms with van der Waals surface area (Å²) in [5.41, 5.74) is 6.39. The summed E-state index contributed by atoms with van der Waals surface area (Å²) in [5, 5.41) is 3.48. The van der Waals surface area contributed by atoms with Gasteiger partial charge in [0.2, 0.25) is 5.91 Å². The fourth-order valence-corrected chi connectivity index (χ4v) is 4.42. The van der Waals surface area contributed by atoms with Gasteiger partial charge in [0.25, 0.3) is 0 Å². The van der Waals surface area contributed by atoms with Crippen LogP contribution in [0.1, 0.15) is 44.3 Å². The number of likely N-dealkylation sites (tertiary alicyclic amines) is 1. The van der Waals surface area contributed by atoms with Crippen molar-refractivity contribution in [1.29, 1.82) is 0 Å². The van der Waals surface area contributed by atoms with Crippen molar-refractivity contribution in [3.8, 4) is 0 Å². The summed E-state index contributed by atoms with van der Waals surface area (Å²) >= 11 is 0. The first kappa shape index (κ1) is 23.5. The molecular weight excluding hydrogens is 397 g/mol. The van der Waals surface area contributed by atoms with Gasteiger partial charge in [0.1, 0.15) is 11.9 Å². The van der Waals surface area contributed by atoms with E-state index >= 15 is 0 Å². The van der Waals surface area contributed by atoms with E-state index in [0.717, 1.165) is 69.9 Å². The van der Waals surface area contributed by atoms with Gasteiger partial charge in [-0.15, -0.1) is 0 Å². The first-order valence-electron chi connectivity index (χ1n) is 11.3. The number of halogens is 1. The Morgan fingerprint density at radius 2 is 1.94 bits per heavy atom. The summed E-state index contributed by atoms with van der Waals surface area (Å²) in [4.78, 5) is 20.4. The summed E-state index contributed by atoms with van der Waals surface area (Å²) in [6.45, 7) is 7.33. The highest BCUT2D eigenvalue weighted by atomic mass is 19.1. The van der Waals surface area contributed by atoms with Crippen molar-refractivity contribution in [3.63, 3.8) is 0 Å². The quantitative estimate of drug-likeness (QED) is 0.391. The second-order valence-electron chi connectivity index (χ2n) is 8.59. The molecule has 172 valence electrons. The van der Waals surface area contributed by atoms with Crippen LogP contribution in [0, 0.1) is 11.7 Å². The van der Waals surface area contributed by atoms with Crippen LogP contribution >= 0.6 is 0 Å². The molecule has 0 spiro atoms. The highest BCUT2D eigenvalue weighted by Crippen LogP contribution is 2.25. The van der Waals surface area contributed by atoms with Gasteiger partial charge in [0, 0.05) is 26.1 Å². The lowest BCUT2D eigenvalue weighted by Gasteiger charge is -2.38. The second kappa shape index (κ2) is 11.4. The molecule has 0 aliphatic carbocycles. The number of piperidine rings is 1. The number of aliphatic imine (C=N–C) groups is 1. The smallest absolute Gasteiger partial charge is 0.220 e. The van der Waals surface area contributed by atoms with E-state index in [1.807, 2.05) is 0 Å². The number of nitrogens with zero attached hydrogens (tertiary/aromatic N) is 3. The molecule has 3 rings (SSSR count). The van der Waals surface area contributed by atoms with Crippen molar-refractivity contribution in [3.05, 3.63) is 35.6 Å². The lowest BCUT2D eigenvalue weighted by Crippen LogP contribution is -2.50. The number of amides is 1. The maximum absolute atomic E-state index is 13.3. The van der Waals surface area contributed by atoms with Gasteiger partial charge in [0.05, 0.1) is 12.6 Å². The molecule has 2 fully saturated rings. The van der Waals surface area contributed by atoms with Gasteiger partial charge in [-0.1, -0.05) is 12.1 Å². The molecule has 2 aliphatic rings. The van der Waals surface area contributed by atoms with Crippen molar-refractivity contribution >= 4 is 11.9 Å². The zero-order valence-electron chi connectivity index (χ0n) is 18.7. The highest BCUT2D eigenvalue weighted by molar-refractivity contribution is 5.80. The van der Waals surface area contributed by atoms with E-state index in [9.17, 15) is 9.18 Å². The molecule has 3 N–H and O–H groups in total. The van der Waals surface area contributed by atoms with Gasteiger partial charge in [-0.2, -0.15) is 0 Å². The molecular formula is C23H36FN5O2. The van der Waals surface area contributed by atoms with E-state index in [4.69, 9.17) is 10.5 Å².